The van der Waals surface area contributed by atoms with Crippen LogP contribution in [0.2, 0.25) is 5.02 Å². The number of nitrogens with zero attached hydrogens (tertiary/aromatic N) is 3. The number of ether oxygens (including phenoxy) is 1. The summed E-state index contributed by atoms with van der Waals surface area (Å²) in [7, 11) is 1.59. The normalized spacial score (nSPS) is 19.9. The highest BCUT2D eigenvalue weighted by atomic mass is 35.5. The van der Waals surface area contributed by atoms with Crippen LogP contribution >= 0.6 is 11.6 Å². The van der Waals surface area contributed by atoms with Gasteiger partial charge < -0.3 is 19.5 Å². The zero-order valence-corrected chi connectivity index (χ0v) is 26.0. The molecule has 0 spiro atoms. The van der Waals surface area contributed by atoms with Gasteiger partial charge in [0.05, 0.1) is 19.2 Å². The van der Waals surface area contributed by atoms with E-state index in [2.05, 4.69) is 22.4 Å². The molecule has 4 aliphatic rings. The highest BCUT2D eigenvalue weighted by molar-refractivity contribution is 6.33. The molecule has 7 rings (SSSR count). The zero-order chi connectivity index (χ0) is 30.2. The summed E-state index contributed by atoms with van der Waals surface area (Å²) in [5, 5.41) is 4.07. The number of hydrogen-bond donors (Lipinski definition) is 1. The molecule has 0 bridgehead atoms. The number of likely N-dealkylation sites (tertiary alicyclic amines) is 1. The SMILES string of the molecule is COc1cc(C2=CCCCC2)c(Cl)cc1C(=O)C1Nc2ccccc2Cn2c(C(=O)N3CCC=C3CN3CCCC3)ccc21. The van der Waals surface area contributed by atoms with Crippen molar-refractivity contribution in [2.24, 2.45) is 0 Å². The van der Waals surface area contributed by atoms with Crippen molar-refractivity contribution in [3.05, 3.63) is 99.5 Å². The molecule has 1 N–H and O–H groups in total. The monoisotopic (exact) mass is 610 g/mol. The third-order valence-corrected chi connectivity index (χ3v) is 9.85. The van der Waals surface area contributed by atoms with Crippen molar-refractivity contribution in [3.63, 3.8) is 0 Å². The summed E-state index contributed by atoms with van der Waals surface area (Å²) in [6, 6.07) is 14.7. The van der Waals surface area contributed by atoms with E-state index >= 15 is 0 Å². The molecule has 3 aromatic rings. The molecule has 1 aromatic heterocycles. The van der Waals surface area contributed by atoms with Gasteiger partial charge in [-0.3, -0.25) is 14.5 Å². The predicted octanol–water partition coefficient (Wildman–Crippen LogP) is 7.33. The first-order valence-electron chi connectivity index (χ1n) is 15.9. The number of ketones is 1. The molecule has 7 nitrogen and oxygen atoms in total. The topological polar surface area (TPSA) is 66.8 Å². The van der Waals surface area contributed by atoms with Gasteiger partial charge in [0.15, 0.2) is 5.78 Å². The van der Waals surface area contributed by atoms with Gasteiger partial charge >= 0.3 is 0 Å². The minimum absolute atomic E-state index is 0.0180. The predicted molar refractivity (Wildman–Crippen MR) is 175 cm³/mol. The molecule has 1 saturated heterocycles. The Morgan fingerprint density at radius 1 is 0.977 bits per heavy atom. The number of hydrogen-bond acceptors (Lipinski definition) is 5. The largest absolute Gasteiger partial charge is 0.496 e. The van der Waals surface area contributed by atoms with E-state index in [9.17, 15) is 9.59 Å². The van der Waals surface area contributed by atoms with Crippen LogP contribution in [0.1, 0.15) is 88.7 Å². The molecule has 4 heterocycles. The minimum atomic E-state index is -0.733. The Morgan fingerprint density at radius 3 is 2.61 bits per heavy atom. The summed E-state index contributed by atoms with van der Waals surface area (Å²) < 4.78 is 7.82. The molecule has 0 radical (unpaired) electrons. The fourth-order valence-corrected chi connectivity index (χ4v) is 7.49. The van der Waals surface area contributed by atoms with Crippen molar-refractivity contribution in [1.29, 1.82) is 0 Å². The second-order valence-electron chi connectivity index (χ2n) is 12.3. The molecule has 8 heteroatoms. The highest BCUT2D eigenvalue weighted by Gasteiger charge is 2.35. The van der Waals surface area contributed by atoms with Gasteiger partial charge in [-0.25, -0.2) is 0 Å². The first-order chi connectivity index (χ1) is 21.5. The summed E-state index contributed by atoms with van der Waals surface area (Å²) in [6.45, 7) is 4.13. The summed E-state index contributed by atoms with van der Waals surface area (Å²) in [5.74, 6) is 0.331. The number of amides is 1. The van der Waals surface area contributed by atoms with E-state index in [1.165, 1.54) is 24.8 Å². The standard InChI is InChI=1S/C36H39ClN4O3/c1-44-33-21-27(24-10-3-2-4-11-24)29(37)20-28(33)35(42)34-31-15-16-32(41(31)22-25-12-5-6-14-30(25)38-34)36(43)40-19-9-13-26(40)23-39-17-7-8-18-39/h5-6,10,12-16,20-21,34,38H,2-4,7-9,11,17-19,22-23H2,1H3. The van der Waals surface area contributed by atoms with Crippen molar-refractivity contribution in [3.8, 4) is 5.75 Å². The van der Waals surface area contributed by atoms with Crippen LogP contribution in [-0.2, 0) is 6.54 Å². The number of aromatic nitrogens is 1. The number of rotatable bonds is 7. The quantitative estimate of drug-likeness (QED) is 0.284. The molecule has 1 atom stereocenters. The maximum absolute atomic E-state index is 14.5. The molecular weight excluding hydrogens is 572 g/mol. The number of fused-ring (bicyclic) bond motifs is 2. The van der Waals surface area contributed by atoms with Crippen LogP contribution < -0.4 is 10.1 Å². The van der Waals surface area contributed by atoms with Gasteiger partial charge in [-0.1, -0.05) is 42.0 Å². The second kappa shape index (κ2) is 12.3. The van der Waals surface area contributed by atoms with Crippen LogP contribution in [0.4, 0.5) is 5.69 Å². The number of carbonyl (C=O) groups is 2. The first kappa shape index (κ1) is 28.9. The number of nitrogens with one attached hydrogen (secondary N) is 1. The van der Waals surface area contributed by atoms with Crippen molar-refractivity contribution in [1.82, 2.24) is 14.4 Å². The molecule has 3 aliphatic heterocycles. The maximum Gasteiger partial charge on any atom is 0.274 e. The lowest BCUT2D eigenvalue weighted by Crippen LogP contribution is -2.35. The van der Waals surface area contributed by atoms with Gasteiger partial charge in [-0.15, -0.1) is 0 Å². The Kier molecular flexibility index (Phi) is 8.08. The van der Waals surface area contributed by atoms with Gasteiger partial charge in [0.25, 0.3) is 5.91 Å². The van der Waals surface area contributed by atoms with E-state index in [0.29, 0.717) is 35.1 Å². The Labute approximate surface area is 264 Å². The van der Waals surface area contributed by atoms with Gasteiger partial charge in [0.1, 0.15) is 17.5 Å². The van der Waals surface area contributed by atoms with Crippen molar-refractivity contribution in [2.75, 3.05) is 38.6 Å². The molecule has 0 saturated carbocycles. The van der Waals surface area contributed by atoms with Crippen LogP contribution in [-0.4, -0.2) is 59.3 Å². The van der Waals surface area contributed by atoms with Crippen LogP contribution in [0.3, 0.4) is 0 Å². The maximum atomic E-state index is 14.5. The third kappa shape index (κ3) is 5.37. The molecule has 2 aromatic carbocycles. The van der Waals surface area contributed by atoms with Gasteiger partial charge in [0.2, 0.25) is 0 Å². The van der Waals surface area contributed by atoms with E-state index in [0.717, 1.165) is 73.5 Å². The molecule has 44 heavy (non-hydrogen) atoms. The second-order valence-corrected chi connectivity index (χ2v) is 12.7. The fraction of sp³-hybridized carbons (Fsp3) is 0.389. The molecule has 1 amide bonds. The van der Waals surface area contributed by atoms with Gasteiger partial charge in [-0.05, 0) is 105 Å². The lowest BCUT2D eigenvalue weighted by molar-refractivity contribution is 0.0797. The first-order valence-corrected chi connectivity index (χ1v) is 16.3. The summed E-state index contributed by atoms with van der Waals surface area (Å²) in [4.78, 5) is 33.0. The van der Waals surface area contributed by atoms with E-state index in [1.54, 1.807) is 13.2 Å². The number of carbonyl (C=O) groups excluding carboxylic acids is 2. The number of halogens is 1. The average Bonchev–Trinajstić information content (AvgIpc) is 3.81. The number of anilines is 1. The zero-order valence-electron chi connectivity index (χ0n) is 25.3. The summed E-state index contributed by atoms with van der Waals surface area (Å²) in [5.41, 5.74) is 6.87. The fourth-order valence-electron chi connectivity index (χ4n) is 7.20. The van der Waals surface area contributed by atoms with Crippen LogP contribution in [0, 0.1) is 0 Å². The smallest absolute Gasteiger partial charge is 0.274 e. The van der Waals surface area contributed by atoms with E-state index in [4.69, 9.17) is 16.3 Å². The molecule has 1 fully saturated rings. The lowest BCUT2D eigenvalue weighted by atomic mass is 9.91. The number of para-hydroxylation sites is 1. The molecule has 228 valence electrons. The van der Waals surface area contributed by atoms with Crippen LogP contribution in [0.25, 0.3) is 5.57 Å². The summed E-state index contributed by atoms with van der Waals surface area (Å²) >= 11 is 6.85. The van der Waals surface area contributed by atoms with Gasteiger partial charge in [-0.2, -0.15) is 0 Å². The summed E-state index contributed by atoms with van der Waals surface area (Å²) in [6.07, 6.45) is 12.0. The van der Waals surface area contributed by atoms with Gasteiger partial charge in [0, 0.05) is 35.2 Å². The van der Waals surface area contributed by atoms with Crippen molar-refractivity contribution < 1.29 is 14.3 Å². The minimum Gasteiger partial charge on any atom is -0.496 e. The van der Waals surface area contributed by atoms with E-state index < -0.39 is 6.04 Å². The Balaban J connectivity index is 1.25. The molecule has 1 unspecified atom stereocenters. The van der Waals surface area contributed by atoms with Crippen LogP contribution in [0.15, 0.2) is 66.4 Å². The Hall–Kier alpha value is -3.81. The number of allylic oxidation sites excluding steroid dienone is 2. The van der Waals surface area contributed by atoms with Crippen molar-refractivity contribution in [2.45, 2.75) is 57.5 Å². The number of Topliss-reactive ketones (excluding diaryl/α,β-unsaturated/α-hetero) is 1. The molecule has 1 aliphatic carbocycles. The number of benzene rings is 2. The number of methoxy groups -OCH3 is 1. The highest BCUT2D eigenvalue weighted by Crippen LogP contribution is 2.39. The third-order valence-electron chi connectivity index (χ3n) is 9.54. The lowest BCUT2D eigenvalue weighted by Gasteiger charge is -2.25. The van der Waals surface area contributed by atoms with E-state index in [1.807, 2.05) is 51.9 Å². The van der Waals surface area contributed by atoms with Crippen molar-refractivity contribution >= 4 is 34.6 Å². The van der Waals surface area contributed by atoms with Crippen LogP contribution in [0.5, 0.6) is 5.75 Å². The Bertz CT molecular complexity index is 1670. The molecular formula is C36H39ClN4O3. The Morgan fingerprint density at radius 2 is 1.82 bits per heavy atom. The average molecular weight is 611 g/mol. The van der Waals surface area contributed by atoms with E-state index in [-0.39, 0.29) is 11.7 Å².